The molecule has 2 aromatic rings. The van der Waals surface area contributed by atoms with Gasteiger partial charge in [0.1, 0.15) is 6.10 Å². The van der Waals surface area contributed by atoms with Crippen LogP contribution in [0.25, 0.3) is 0 Å². The zero-order chi connectivity index (χ0) is 19.6. The van der Waals surface area contributed by atoms with Crippen molar-refractivity contribution in [2.24, 2.45) is 0 Å². The number of ether oxygens (including phenoxy) is 2. The van der Waals surface area contributed by atoms with Crippen LogP contribution in [0.4, 0.5) is 0 Å². The second-order valence-electron chi connectivity index (χ2n) is 6.66. The van der Waals surface area contributed by atoms with Gasteiger partial charge in [-0.05, 0) is 36.2 Å². The van der Waals surface area contributed by atoms with E-state index in [1.54, 1.807) is 26.2 Å². The predicted octanol–water partition coefficient (Wildman–Crippen LogP) is 2.77. The highest BCUT2D eigenvalue weighted by atomic mass is 16.6. The van der Waals surface area contributed by atoms with Crippen molar-refractivity contribution in [3.05, 3.63) is 70.8 Å². The van der Waals surface area contributed by atoms with Crippen LogP contribution in [0.2, 0.25) is 0 Å². The van der Waals surface area contributed by atoms with E-state index in [9.17, 15) is 14.4 Å². The third-order valence-electron chi connectivity index (χ3n) is 4.46. The molecule has 0 fully saturated rings. The lowest BCUT2D eigenvalue weighted by atomic mass is 9.93. The zero-order valence-corrected chi connectivity index (χ0v) is 15.5. The smallest absolute Gasteiger partial charge is 0.339 e. The first-order chi connectivity index (χ1) is 12.9. The largest absolute Gasteiger partial charge is 0.454 e. The maximum absolute atomic E-state index is 12.4. The average molecular weight is 367 g/mol. The zero-order valence-electron chi connectivity index (χ0n) is 15.5. The molecule has 140 valence electrons. The number of benzene rings is 2. The molecular weight excluding hydrogens is 346 g/mol. The molecule has 0 aromatic heterocycles. The van der Waals surface area contributed by atoms with E-state index in [1.165, 1.54) is 17.9 Å². The van der Waals surface area contributed by atoms with Crippen LogP contribution >= 0.6 is 0 Å². The third kappa shape index (κ3) is 4.00. The first kappa shape index (κ1) is 18.6. The Balaban J connectivity index is 1.81. The van der Waals surface area contributed by atoms with Crippen molar-refractivity contribution >= 4 is 17.8 Å². The second-order valence-corrected chi connectivity index (χ2v) is 6.66. The molecule has 2 atom stereocenters. The minimum Gasteiger partial charge on any atom is -0.454 e. The van der Waals surface area contributed by atoms with Crippen molar-refractivity contribution in [3.8, 4) is 0 Å². The van der Waals surface area contributed by atoms with Gasteiger partial charge in [-0.25, -0.2) is 9.59 Å². The fraction of sp³-hybridized carbons (Fsp3) is 0.286. The lowest BCUT2D eigenvalue weighted by molar-refractivity contribution is -0.137. The maximum Gasteiger partial charge on any atom is 0.339 e. The molecule has 3 rings (SSSR count). The number of carbonyl (C=O) groups is 3. The molecule has 0 N–H and O–H groups in total. The highest BCUT2D eigenvalue weighted by molar-refractivity contribution is 5.96. The van der Waals surface area contributed by atoms with Crippen LogP contribution in [-0.4, -0.2) is 42.9 Å². The van der Waals surface area contributed by atoms with E-state index in [0.717, 1.165) is 11.1 Å². The summed E-state index contributed by atoms with van der Waals surface area (Å²) in [6.45, 7) is 1.53. The SMILES string of the molecule is C[C@@H](OC(=O)c1ccc2c(c1)C[C@H](c1ccccc1)OC2=O)C(=O)N(C)C. The topological polar surface area (TPSA) is 72.9 Å². The summed E-state index contributed by atoms with van der Waals surface area (Å²) >= 11 is 0. The van der Waals surface area contributed by atoms with Crippen molar-refractivity contribution in [3.63, 3.8) is 0 Å². The summed E-state index contributed by atoms with van der Waals surface area (Å²) in [7, 11) is 3.20. The molecule has 0 bridgehead atoms. The molecule has 0 spiro atoms. The second kappa shape index (κ2) is 7.61. The molecule has 0 aliphatic carbocycles. The minimum atomic E-state index is -0.884. The summed E-state index contributed by atoms with van der Waals surface area (Å²) in [4.78, 5) is 37.9. The number of fused-ring (bicyclic) bond motifs is 1. The third-order valence-corrected chi connectivity index (χ3v) is 4.46. The Kier molecular flexibility index (Phi) is 5.26. The van der Waals surface area contributed by atoms with Gasteiger partial charge < -0.3 is 14.4 Å². The quantitative estimate of drug-likeness (QED) is 0.777. The van der Waals surface area contributed by atoms with Crippen LogP contribution < -0.4 is 0 Å². The normalized spacial score (nSPS) is 16.7. The van der Waals surface area contributed by atoms with Crippen LogP contribution in [0.5, 0.6) is 0 Å². The summed E-state index contributed by atoms with van der Waals surface area (Å²) in [6, 6.07) is 14.2. The molecule has 1 heterocycles. The van der Waals surface area contributed by atoms with Crippen molar-refractivity contribution < 1.29 is 23.9 Å². The van der Waals surface area contributed by atoms with Crippen LogP contribution in [0.15, 0.2) is 48.5 Å². The van der Waals surface area contributed by atoms with Crippen LogP contribution in [0.3, 0.4) is 0 Å². The van der Waals surface area contributed by atoms with E-state index >= 15 is 0 Å². The Labute approximate surface area is 157 Å². The number of carbonyl (C=O) groups excluding carboxylic acids is 3. The number of cyclic esters (lactones) is 1. The van der Waals surface area contributed by atoms with Gasteiger partial charge >= 0.3 is 11.9 Å². The lowest BCUT2D eigenvalue weighted by Gasteiger charge is -2.25. The van der Waals surface area contributed by atoms with E-state index in [1.807, 2.05) is 30.3 Å². The summed E-state index contributed by atoms with van der Waals surface area (Å²) < 4.78 is 10.8. The van der Waals surface area contributed by atoms with E-state index in [-0.39, 0.29) is 5.91 Å². The van der Waals surface area contributed by atoms with Gasteiger partial charge in [-0.15, -0.1) is 0 Å². The lowest BCUT2D eigenvalue weighted by Crippen LogP contribution is -2.35. The van der Waals surface area contributed by atoms with Crippen molar-refractivity contribution in [1.82, 2.24) is 4.90 Å². The molecule has 6 nitrogen and oxygen atoms in total. The fourth-order valence-corrected chi connectivity index (χ4v) is 3.02. The predicted molar refractivity (Wildman–Crippen MR) is 98.3 cm³/mol. The number of amides is 1. The average Bonchev–Trinajstić information content (AvgIpc) is 2.67. The molecular formula is C21H21NO5. The Bertz CT molecular complexity index is 875. The van der Waals surface area contributed by atoms with Gasteiger partial charge in [0.05, 0.1) is 11.1 Å². The number of esters is 2. The van der Waals surface area contributed by atoms with Gasteiger partial charge in [-0.1, -0.05) is 30.3 Å². The Morgan fingerprint density at radius 2 is 1.85 bits per heavy atom. The van der Waals surface area contributed by atoms with E-state index in [0.29, 0.717) is 17.5 Å². The number of nitrogens with zero attached hydrogens (tertiary/aromatic N) is 1. The maximum atomic E-state index is 12.4. The van der Waals surface area contributed by atoms with E-state index in [4.69, 9.17) is 9.47 Å². The van der Waals surface area contributed by atoms with Crippen molar-refractivity contribution in [2.75, 3.05) is 14.1 Å². The van der Waals surface area contributed by atoms with E-state index in [2.05, 4.69) is 0 Å². The van der Waals surface area contributed by atoms with Gasteiger partial charge in [0.2, 0.25) is 0 Å². The summed E-state index contributed by atoms with van der Waals surface area (Å²) in [6.07, 6.45) is -0.810. The highest BCUT2D eigenvalue weighted by Gasteiger charge is 2.29. The number of likely N-dealkylation sites (N-methyl/N-ethyl adjacent to an activating group) is 1. The first-order valence-electron chi connectivity index (χ1n) is 8.68. The standard InChI is InChI=1S/C21H21NO5/c1-13(19(23)22(2)3)26-20(24)15-9-10-17-16(11-15)12-18(27-21(17)25)14-7-5-4-6-8-14/h4-11,13,18H,12H2,1-3H3/t13-,18-/m1/s1. The van der Waals surface area contributed by atoms with Gasteiger partial charge in [-0.3, -0.25) is 4.79 Å². The number of hydrogen-bond donors (Lipinski definition) is 0. The molecule has 6 heteroatoms. The van der Waals surface area contributed by atoms with Crippen LogP contribution in [0.1, 0.15) is 44.9 Å². The van der Waals surface area contributed by atoms with Gasteiger partial charge in [0.25, 0.3) is 5.91 Å². The summed E-state index contributed by atoms with van der Waals surface area (Å²) in [5.74, 6) is -1.31. The van der Waals surface area contributed by atoms with E-state index < -0.39 is 24.1 Å². The Morgan fingerprint density at radius 3 is 2.52 bits per heavy atom. The Hall–Kier alpha value is -3.15. The van der Waals surface area contributed by atoms with Gasteiger partial charge in [0, 0.05) is 20.5 Å². The first-order valence-corrected chi connectivity index (χ1v) is 8.68. The monoisotopic (exact) mass is 367 g/mol. The number of rotatable bonds is 4. The molecule has 27 heavy (non-hydrogen) atoms. The molecule has 1 amide bonds. The van der Waals surface area contributed by atoms with Crippen molar-refractivity contribution in [2.45, 2.75) is 25.6 Å². The minimum absolute atomic E-state index is 0.297. The molecule has 2 aromatic carbocycles. The molecule has 0 radical (unpaired) electrons. The van der Waals surface area contributed by atoms with Crippen LogP contribution in [-0.2, 0) is 20.7 Å². The highest BCUT2D eigenvalue weighted by Crippen LogP contribution is 2.31. The molecule has 0 unspecified atom stereocenters. The molecule has 0 saturated carbocycles. The van der Waals surface area contributed by atoms with Gasteiger partial charge in [-0.2, -0.15) is 0 Å². The molecule has 1 aliphatic heterocycles. The summed E-state index contributed by atoms with van der Waals surface area (Å²) in [5, 5.41) is 0. The number of hydrogen-bond acceptors (Lipinski definition) is 5. The van der Waals surface area contributed by atoms with Crippen LogP contribution in [0, 0.1) is 0 Å². The Morgan fingerprint density at radius 1 is 1.15 bits per heavy atom. The van der Waals surface area contributed by atoms with Gasteiger partial charge in [0.15, 0.2) is 6.10 Å². The summed E-state index contributed by atoms with van der Waals surface area (Å²) in [5.41, 5.74) is 2.36. The molecule has 1 aliphatic rings. The molecule has 0 saturated heterocycles. The van der Waals surface area contributed by atoms with Crippen molar-refractivity contribution in [1.29, 1.82) is 0 Å². The fourth-order valence-electron chi connectivity index (χ4n) is 3.02.